The standard InChI is InChI=1S/C17H16N4O3/c18-14-12-7-4-8-20-16(12)21(17(23)13(14)15(19)22)10-24-9-11-5-2-1-3-6-11/h1-8H,9-10,18H2,(H2,19,22). The van der Waals surface area contributed by atoms with Crippen molar-refractivity contribution in [3.63, 3.8) is 0 Å². The van der Waals surface area contributed by atoms with Gasteiger partial charge in [-0.1, -0.05) is 30.3 Å². The van der Waals surface area contributed by atoms with Crippen molar-refractivity contribution in [2.75, 3.05) is 5.73 Å². The van der Waals surface area contributed by atoms with Crippen LogP contribution in [0.25, 0.3) is 11.0 Å². The van der Waals surface area contributed by atoms with Crippen LogP contribution in [-0.2, 0) is 18.1 Å². The Kier molecular flexibility index (Phi) is 4.26. The summed E-state index contributed by atoms with van der Waals surface area (Å²) in [4.78, 5) is 28.3. The first-order valence-corrected chi connectivity index (χ1v) is 7.28. The molecule has 24 heavy (non-hydrogen) atoms. The average molecular weight is 324 g/mol. The van der Waals surface area contributed by atoms with Crippen LogP contribution in [0, 0.1) is 0 Å². The minimum absolute atomic E-state index is 0.0370. The Bertz CT molecular complexity index is 951. The van der Waals surface area contributed by atoms with Gasteiger partial charge in [0.25, 0.3) is 11.5 Å². The third-order valence-corrected chi connectivity index (χ3v) is 3.64. The number of ether oxygens (including phenoxy) is 1. The molecule has 2 heterocycles. The topological polar surface area (TPSA) is 113 Å². The van der Waals surface area contributed by atoms with Crippen LogP contribution in [0.2, 0.25) is 0 Å². The van der Waals surface area contributed by atoms with Crippen LogP contribution >= 0.6 is 0 Å². The van der Waals surface area contributed by atoms with Crippen molar-refractivity contribution in [2.24, 2.45) is 5.73 Å². The highest BCUT2D eigenvalue weighted by atomic mass is 16.5. The number of carbonyl (C=O) groups is 1. The van der Waals surface area contributed by atoms with E-state index in [4.69, 9.17) is 16.2 Å². The maximum atomic E-state index is 12.5. The molecule has 0 unspecified atom stereocenters. The molecule has 2 aromatic heterocycles. The van der Waals surface area contributed by atoms with Crippen molar-refractivity contribution in [3.05, 3.63) is 70.1 Å². The van der Waals surface area contributed by atoms with Gasteiger partial charge in [-0.15, -0.1) is 0 Å². The first-order chi connectivity index (χ1) is 11.6. The fraction of sp³-hybridized carbons (Fsp3) is 0.118. The Morgan fingerprint density at radius 2 is 1.92 bits per heavy atom. The Morgan fingerprint density at radius 1 is 1.17 bits per heavy atom. The van der Waals surface area contributed by atoms with Gasteiger partial charge in [-0.2, -0.15) is 0 Å². The van der Waals surface area contributed by atoms with E-state index in [1.165, 1.54) is 4.57 Å². The van der Waals surface area contributed by atoms with Gasteiger partial charge in [0.15, 0.2) is 0 Å². The highest BCUT2D eigenvalue weighted by molar-refractivity contribution is 6.04. The number of aromatic nitrogens is 2. The molecule has 0 fully saturated rings. The average Bonchev–Trinajstić information content (AvgIpc) is 2.58. The number of benzene rings is 1. The summed E-state index contributed by atoms with van der Waals surface area (Å²) >= 11 is 0. The number of rotatable bonds is 5. The highest BCUT2D eigenvalue weighted by Crippen LogP contribution is 2.20. The third-order valence-electron chi connectivity index (χ3n) is 3.64. The molecule has 0 spiro atoms. The van der Waals surface area contributed by atoms with Gasteiger partial charge < -0.3 is 16.2 Å². The summed E-state index contributed by atoms with van der Waals surface area (Å²) in [5, 5.41) is 0.481. The van der Waals surface area contributed by atoms with E-state index in [9.17, 15) is 9.59 Å². The molecule has 7 nitrogen and oxygen atoms in total. The van der Waals surface area contributed by atoms with Crippen molar-refractivity contribution in [1.29, 1.82) is 0 Å². The van der Waals surface area contributed by atoms with E-state index >= 15 is 0 Å². The summed E-state index contributed by atoms with van der Waals surface area (Å²) in [6, 6.07) is 12.9. The molecule has 3 aromatic rings. The maximum Gasteiger partial charge on any atom is 0.269 e. The number of primary amides is 1. The summed E-state index contributed by atoms with van der Waals surface area (Å²) in [5.41, 5.74) is 11.7. The van der Waals surface area contributed by atoms with Gasteiger partial charge in [0.05, 0.1) is 12.3 Å². The van der Waals surface area contributed by atoms with Crippen LogP contribution in [0.1, 0.15) is 15.9 Å². The van der Waals surface area contributed by atoms with E-state index in [0.29, 0.717) is 17.6 Å². The summed E-state index contributed by atoms with van der Waals surface area (Å²) < 4.78 is 6.86. The van der Waals surface area contributed by atoms with E-state index in [0.717, 1.165) is 5.56 Å². The highest BCUT2D eigenvalue weighted by Gasteiger charge is 2.19. The predicted molar refractivity (Wildman–Crippen MR) is 90.2 cm³/mol. The monoisotopic (exact) mass is 324 g/mol. The smallest absolute Gasteiger partial charge is 0.269 e. The van der Waals surface area contributed by atoms with Crippen molar-refractivity contribution >= 4 is 22.6 Å². The molecular weight excluding hydrogens is 308 g/mol. The summed E-state index contributed by atoms with van der Waals surface area (Å²) in [6.07, 6.45) is 1.54. The molecule has 0 bridgehead atoms. The molecule has 0 aliphatic carbocycles. The molecule has 1 aromatic carbocycles. The zero-order chi connectivity index (χ0) is 17.1. The van der Waals surface area contributed by atoms with Gasteiger partial charge in [0.2, 0.25) is 0 Å². The lowest BCUT2D eigenvalue weighted by Crippen LogP contribution is -2.32. The fourth-order valence-electron chi connectivity index (χ4n) is 2.49. The summed E-state index contributed by atoms with van der Waals surface area (Å²) in [6.45, 7) is 0.250. The van der Waals surface area contributed by atoms with Gasteiger partial charge in [-0.25, -0.2) is 4.98 Å². The molecule has 0 saturated carbocycles. The van der Waals surface area contributed by atoms with Crippen molar-refractivity contribution in [1.82, 2.24) is 9.55 Å². The predicted octanol–water partition coefficient (Wildman–Crippen LogP) is 1.25. The number of fused-ring (bicyclic) bond motifs is 1. The second kappa shape index (κ2) is 6.51. The quantitative estimate of drug-likeness (QED) is 0.733. The molecule has 4 N–H and O–H groups in total. The number of anilines is 1. The van der Waals surface area contributed by atoms with Crippen LogP contribution in [0.3, 0.4) is 0 Å². The molecule has 7 heteroatoms. The first-order valence-electron chi connectivity index (χ1n) is 7.28. The molecular formula is C17H16N4O3. The van der Waals surface area contributed by atoms with Crippen molar-refractivity contribution in [2.45, 2.75) is 13.3 Å². The van der Waals surface area contributed by atoms with E-state index in [2.05, 4.69) is 4.98 Å². The van der Waals surface area contributed by atoms with Crippen LogP contribution in [0.5, 0.6) is 0 Å². The Hall–Kier alpha value is -3.19. The van der Waals surface area contributed by atoms with Gasteiger partial charge in [-0.05, 0) is 17.7 Å². The molecule has 0 aliphatic heterocycles. The van der Waals surface area contributed by atoms with Gasteiger partial charge in [-0.3, -0.25) is 14.2 Å². The Labute approximate surface area is 137 Å². The van der Waals surface area contributed by atoms with Crippen molar-refractivity contribution < 1.29 is 9.53 Å². The molecule has 122 valence electrons. The van der Waals surface area contributed by atoms with E-state index in [1.54, 1.807) is 18.3 Å². The van der Waals surface area contributed by atoms with Crippen molar-refractivity contribution in [3.8, 4) is 0 Å². The maximum absolute atomic E-state index is 12.5. The number of nitrogens with two attached hydrogens (primary N) is 2. The number of hydrogen-bond acceptors (Lipinski definition) is 5. The first kappa shape index (κ1) is 15.7. The Balaban J connectivity index is 2.00. The van der Waals surface area contributed by atoms with Crippen LogP contribution in [0.15, 0.2) is 53.5 Å². The number of carbonyl (C=O) groups excluding carboxylic acids is 1. The lowest BCUT2D eigenvalue weighted by Gasteiger charge is -2.13. The number of amides is 1. The van der Waals surface area contributed by atoms with E-state index in [1.807, 2.05) is 30.3 Å². The zero-order valence-corrected chi connectivity index (χ0v) is 12.8. The lowest BCUT2D eigenvalue weighted by molar-refractivity contribution is 0.0640. The Morgan fingerprint density at radius 3 is 2.62 bits per heavy atom. The molecule has 0 aliphatic rings. The zero-order valence-electron chi connectivity index (χ0n) is 12.8. The summed E-state index contributed by atoms with van der Waals surface area (Å²) in [7, 11) is 0. The molecule has 0 radical (unpaired) electrons. The summed E-state index contributed by atoms with van der Waals surface area (Å²) in [5.74, 6) is -0.875. The van der Waals surface area contributed by atoms with Crippen LogP contribution in [-0.4, -0.2) is 15.5 Å². The number of hydrogen-bond donors (Lipinski definition) is 2. The minimum Gasteiger partial charge on any atom is -0.397 e. The van der Waals surface area contributed by atoms with Gasteiger partial charge >= 0.3 is 0 Å². The second-order valence-corrected chi connectivity index (χ2v) is 5.22. The normalized spacial score (nSPS) is 10.8. The fourth-order valence-corrected chi connectivity index (χ4v) is 2.49. The second-order valence-electron chi connectivity index (χ2n) is 5.22. The SMILES string of the molecule is NC(=O)c1c(N)c2cccnc2n(COCc2ccccc2)c1=O. The van der Waals surface area contributed by atoms with Gasteiger partial charge in [0.1, 0.15) is 17.9 Å². The van der Waals surface area contributed by atoms with Gasteiger partial charge in [0, 0.05) is 11.6 Å². The molecule has 3 rings (SSSR count). The third kappa shape index (κ3) is 2.84. The van der Waals surface area contributed by atoms with Crippen LogP contribution in [0.4, 0.5) is 5.69 Å². The molecule has 0 saturated heterocycles. The number of nitrogens with zero attached hydrogens (tertiary/aromatic N) is 2. The van der Waals surface area contributed by atoms with Crippen LogP contribution < -0.4 is 17.0 Å². The molecule has 0 atom stereocenters. The van der Waals surface area contributed by atoms with E-state index in [-0.39, 0.29) is 18.0 Å². The number of pyridine rings is 2. The molecule has 1 amide bonds. The van der Waals surface area contributed by atoms with E-state index < -0.39 is 11.5 Å². The number of nitrogen functional groups attached to an aromatic ring is 1. The lowest BCUT2D eigenvalue weighted by atomic mass is 10.1. The minimum atomic E-state index is -0.875. The largest absolute Gasteiger partial charge is 0.397 e.